The van der Waals surface area contributed by atoms with Crippen molar-refractivity contribution in [2.75, 3.05) is 0 Å². The number of carbonyl (C=O) groups is 2. The quantitative estimate of drug-likeness (QED) is 0.571. The topological polar surface area (TPSA) is 59.3 Å². The maximum atomic E-state index is 13.2. The first-order chi connectivity index (χ1) is 13.8. The average molecular weight is 412 g/mol. The van der Waals surface area contributed by atoms with Gasteiger partial charge in [0.05, 0.1) is 12.1 Å². The number of rotatable bonds is 7. The zero-order valence-electron chi connectivity index (χ0n) is 17.0. The number of nitrogens with zero attached hydrogens (tertiary/aromatic N) is 1. The molecule has 3 rings (SSSR count). The molecule has 0 saturated carbocycles. The van der Waals surface area contributed by atoms with Crippen molar-refractivity contribution >= 4 is 34.2 Å². The van der Waals surface area contributed by atoms with Crippen LogP contribution in [0.5, 0.6) is 0 Å². The predicted molar refractivity (Wildman–Crippen MR) is 117 cm³/mol. The molecule has 0 aliphatic rings. The molecule has 2 aromatic carbocycles. The highest BCUT2D eigenvalue weighted by atomic mass is 35.5. The molecule has 1 heterocycles. The molecule has 29 heavy (non-hydrogen) atoms. The molecule has 0 aliphatic heterocycles. The van der Waals surface area contributed by atoms with E-state index in [4.69, 9.17) is 11.6 Å². The van der Waals surface area contributed by atoms with Crippen LogP contribution in [0.2, 0.25) is 5.02 Å². The Morgan fingerprint density at radius 2 is 1.79 bits per heavy atom. The second kappa shape index (κ2) is 8.93. The molecular formula is C24H26ClNO3. The number of aliphatic hydroxyl groups excluding tert-OH is 1. The van der Waals surface area contributed by atoms with Crippen LogP contribution in [0, 0.1) is 12.8 Å². The Morgan fingerprint density at radius 3 is 2.41 bits per heavy atom. The first kappa shape index (κ1) is 21.3. The van der Waals surface area contributed by atoms with E-state index in [1.54, 1.807) is 34.9 Å². The lowest BCUT2D eigenvalue weighted by Crippen LogP contribution is -2.14. The average Bonchev–Trinajstić information content (AvgIpc) is 2.97. The zero-order chi connectivity index (χ0) is 21.1. The molecule has 0 aliphatic carbocycles. The third kappa shape index (κ3) is 4.60. The summed E-state index contributed by atoms with van der Waals surface area (Å²) in [5.41, 5.74) is 3.63. The van der Waals surface area contributed by atoms with Crippen molar-refractivity contribution in [1.82, 2.24) is 4.57 Å². The minimum absolute atomic E-state index is 0.0912. The van der Waals surface area contributed by atoms with Crippen LogP contribution >= 0.6 is 11.6 Å². The van der Waals surface area contributed by atoms with Crippen LogP contribution in [0.3, 0.4) is 0 Å². The number of Topliss-reactive ketones (excluding diaryl/α,β-unsaturated/α-hetero) is 1. The number of carbonyl (C=O) groups excluding carboxylic acids is 2. The number of halogens is 1. The molecule has 0 fully saturated rings. The van der Waals surface area contributed by atoms with Gasteiger partial charge in [0.25, 0.3) is 5.91 Å². The van der Waals surface area contributed by atoms with E-state index in [9.17, 15) is 14.7 Å². The molecule has 0 bridgehead atoms. The maximum Gasteiger partial charge on any atom is 0.262 e. The molecule has 0 atom stereocenters. The Balaban J connectivity index is 2.08. The summed E-state index contributed by atoms with van der Waals surface area (Å²) in [5, 5.41) is 11.0. The summed E-state index contributed by atoms with van der Waals surface area (Å²) < 4.78 is 1.66. The Hall–Kier alpha value is -2.43. The Morgan fingerprint density at radius 1 is 1.10 bits per heavy atom. The normalized spacial score (nSPS) is 11.4. The number of benzene rings is 2. The van der Waals surface area contributed by atoms with Gasteiger partial charge < -0.3 is 5.11 Å². The van der Waals surface area contributed by atoms with Gasteiger partial charge in [0, 0.05) is 34.5 Å². The van der Waals surface area contributed by atoms with Gasteiger partial charge in [0.2, 0.25) is 0 Å². The van der Waals surface area contributed by atoms with Crippen molar-refractivity contribution in [3.63, 3.8) is 0 Å². The largest absolute Gasteiger partial charge is 0.392 e. The van der Waals surface area contributed by atoms with Crippen molar-refractivity contribution in [2.45, 2.75) is 46.6 Å². The van der Waals surface area contributed by atoms with E-state index in [1.807, 2.05) is 19.1 Å². The van der Waals surface area contributed by atoms with Gasteiger partial charge in [-0.2, -0.15) is 0 Å². The predicted octanol–water partition coefficient (Wildman–Crippen LogP) is 5.33. The molecule has 1 N–H and O–H groups in total. The summed E-state index contributed by atoms with van der Waals surface area (Å²) in [6.45, 7) is 5.98. The fourth-order valence-electron chi connectivity index (χ4n) is 3.57. The van der Waals surface area contributed by atoms with Crippen LogP contribution in [0.25, 0.3) is 10.9 Å². The third-order valence-electron chi connectivity index (χ3n) is 5.25. The van der Waals surface area contributed by atoms with Gasteiger partial charge in [-0.1, -0.05) is 31.5 Å². The molecular weight excluding hydrogens is 386 g/mol. The summed E-state index contributed by atoms with van der Waals surface area (Å²) in [6.07, 6.45) is 1.65. The minimum Gasteiger partial charge on any atom is -0.392 e. The van der Waals surface area contributed by atoms with Gasteiger partial charge in [0.15, 0.2) is 0 Å². The van der Waals surface area contributed by atoms with Gasteiger partial charge >= 0.3 is 0 Å². The van der Waals surface area contributed by atoms with Crippen LogP contribution in [0.1, 0.15) is 53.9 Å². The lowest BCUT2D eigenvalue weighted by Gasteiger charge is -2.08. The van der Waals surface area contributed by atoms with E-state index in [0.717, 1.165) is 34.1 Å². The summed E-state index contributed by atoms with van der Waals surface area (Å²) in [6, 6.07) is 12.3. The van der Waals surface area contributed by atoms with E-state index >= 15 is 0 Å². The van der Waals surface area contributed by atoms with Gasteiger partial charge in [-0.05, 0) is 66.8 Å². The van der Waals surface area contributed by atoms with E-state index in [2.05, 4.69) is 13.8 Å². The van der Waals surface area contributed by atoms with Gasteiger partial charge in [0.1, 0.15) is 5.78 Å². The van der Waals surface area contributed by atoms with E-state index in [1.165, 1.54) is 0 Å². The fourth-order valence-corrected chi connectivity index (χ4v) is 3.70. The molecule has 152 valence electrons. The molecule has 5 heteroatoms. The SMILES string of the molecule is Cc1c(CC(=O)CCC(C)C)c2cc(CO)ccc2n1C(=O)c1ccc(Cl)cc1. The van der Waals surface area contributed by atoms with Gasteiger partial charge in [-0.3, -0.25) is 14.2 Å². The van der Waals surface area contributed by atoms with Crippen LogP contribution in [-0.2, 0) is 17.8 Å². The first-order valence-corrected chi connectivity index (χ1v) is 10.2. The van der Waals surface area contributed by atoms with E-state index < -0.39 is 0 Å². The third-order valence-corrected chi connectivity index (χ3v) is 5.50. The first-order valence-electron chi connectivity index (χ1n) is 9.87. The number of fused-ring (bicyclic) bond motifs is 1. The Labute approximate surface area is 176 Å². The standard InChI is InChI=1S/C24H26ClNO3/c1-15(2)4-10-20(28)13-21-16(3)26(23-11-5-17(14-27)12-22(21)23)24(29)18-6-8-19(25)9-7-18/h5-9,11-12,15,27H,4,10,13-14H2,1-3H3. The van der Waals surface area contributed by atoms with E-state index in [-0.39, 0.29) is 24.7 Å². The molecule has 0 saturated heterocycles. The lowest BCUT2D eigenvalue weighted by molar-refractivity contribution is -0.118. The summed E-state index contributed by atoms with van der Waals surface area (Å²) >= 11 is 5.96. The second-order valence-corrected chi connectivity index (χ2v) is 8.31. The summed E-state index contributed by atoms with van der Waals surface area (Å²) in [5.74, 6) is 0.463. The molecule has 0 amide bonds. The monoisotopic (exact) mass is 411 g/mol. The highest BCUT2D eigenvalue weighted by Gasteiger charge is 2.21. The smallest absolute Gasteiger partial charge is 0.262 e. The number of hydrogen-bond acceptors (Lipinski definition) is 3. The molecule has 3 aromatic rings. The molecule has 4 nitrogen and oxygen atoms in total. The summed E-state index contributed by atoms with van der Waals surface area (Å²) in [7, 11) is 0. The fraction of sp³-hybridized carbons (Fsp3) is 0.333. The van der Waals surface area contributed by atoms with Crippen LogP contribution in [0.15, 0.2) is 42.5 Å². The summed E-state index contributed by atoms with van der Waals surface area (Å²) in [4.78, 5) is 25.8. The molecule has 1 aromatic heterocycles. The highest BCUT2D eigenvalue weighted by molar-refractivity contribution is 6.30. The van der Waals surface area contributed by atoms with Crippen molar-refractivity contribution in [3.8, 4) is 0 Å². The van der Waals surface area contributed by atoms with Crippen LogP contribution in [0.4, 0.5) is 0 Å². The zero-order valence-corrected chi connectivity index (χ0v) is 17.8. The van der Waals surface area contributed by atoms with Gasteiger partial charge in [-0.25, -0.2) is 0 Å². The van der Waals surface area contributed by atoms with E-state index in [0.29, 0.717) is 22.9 Å². The van der Waals surface area contributed by atoms with Crippen molar-refractivity contribution in [1.29, 1.82) is 0 Å². The molecule has 0 unspecified atom stereocenters. The number of hydrogen-bond donors (Lipinski definition) is 1. The van der Waals surface area contributed by atoms with Crippen molar-refractivity contribution < 1.29 is 14.7 Å². The Bertz CT molecular complexity index is 1050. The van der Waals surface area contributed by atoms with Crippen LogP contribution in [-0.4, -0.2) is 21.4 Å². The molecule has 0 spiro atoms. The maximum absolute atomic E-state index is 13.2. The van der Waals surface area contributed by atoms with Crippen molar-refractivity contribution in [3.05, 3.63) is 69.9 Å². The second-order valence-electron chi connectivity index (χ2n) is 7.87. The number of aliphatic hydroxyl groups is 1. The van der Waals surface area contributed by atoms with Gasteiger partial charge in [-0.15, -0.1) is 0 Å². The number of ketones is 1. The Kier molecular flexibility index (Phi) is 6.56. The minimum atomic E-state index is -0.165. The molecule has 0 radical (unpaired) electrons. The lowest BCUT2D eigenvalue weighted by atomic mass is 9.99. The van der Waals surface area contributed by atoms with Crippen LogP contribution < -0.4 is 0 Å². The highest BCUT2D eigenvalue weighted by Crippen LogP contribution is 2.29. The number of aromatic nitrogens is 1. The van der Waals surface area contributed by atoms with Crippen molar-refractivity contribution in [2.24, 2.45) is 5.92 Å².